The van der Waals surface area contributed by atoms with Crippen molar-refractivity contribution in [2.24, 2.45) is 0 Å². The first-order valence-electron chi connectivity index (χ1n) is 10.1. The fraction of sp³-hybridized carbons (Fsp3) is 0.273. The lowest BCUT2D eigenvalue weighted by Gasteiger charge is -2.29. The molecule has 1 aliphatic heterocycles. The van der Waals surface area contributed by atoms with Gasteiger partial charge in [-0.3, -0.25) is 19.6 Å². The molecule has 158 valence electrons. The Kier molecular flexibility index (Phi) is 5.54. The minimum Gasteiger partial charge on any atom is -0.379 e. The third kappa shape index (κ3) is 4.25. The van der Waals surface area contributed by atoms with Crippen molar-refractivity contribution in [1.82, 2.24) is 19.9 Å². The number of benzene rings is 2. The highest BCUT2D eigenvalue weighted by Gasteiger charge is 2.24. The lowest BCUT2D eigenvalue weighted by molar-refractivity contribution is 0.0391. The monoisotopic (exact) mass is 437 g/mol. The zero-order valence-electron chi connectivity index (χ0n) is 16.7. The van der Waals surface area contributed by atoms with Gasteiger partial charge in [-0.05, 0) is 30.3 Å². The number of carbonyl (C=O) groups excluding carboxylic acids is 1. The van der Waals surface area contributed by atoms with Crippen LogP contribution in [-0.4, -0.2) is 65.2 Å². The number of aromatic nitrogens is 3. The molecule has 0 saturated carbocycles. The molecule has 1 saturated heterocycles. The number of carbonyl (C=O) groups is 1. The van der Waals surface area contributed by atoms with Crippen LogP contribution in [0, 0.1) is 5.82 Å². The topological polar surface area (TPSA) is 71.5 Å². The first-order chi connectivity index (χ1) is 15.2. The molecule has 0 radical (unpaired) electrons. The standard InChI is InChI=1S/C22H20FN5O2S/c23-15-5-6-18-20(13-15)31-22(26-18)28(8-7-27-9-11-30-12-10-27)21(29)19-14-24-16-3-1-2-4-17(16)25-19/h1-6,13-14H,7-12H2. The summed E-state index contributed by atoms with van der Waals surface area (Å²) in [4.78, 5) is 30.8. The molecule has 2 aromatic heterocycles. The van der Waals surface area contributed by atoms with Crippen molar-refractivity contribution >= 4 is 43.6 Å². The van der Waals surface area contributed by atoms with Crippen molar-refractivity contribution < 1.29 is 13.9 Å². The Morgan fingerprint density at radius 3 is 2.74 bits per heavy atom. The second kappa shape index (κ2) is 8.62. The van der Waals surface area contributed by atoms with Gasteiger partial charge < -0.3 is 4.74 Å². The molecule has 0 atom stereocenters. The van der Waals surface area contributed by atoms with Gasteiger partial charge in [-0.1, -0.05) is 23.5 Å². The summed E-state index contributed by atoms with van der Waals surface area (Å²) in [5, 5.41) is 0.522. The molecular weight excluding hydrogens is 417 g/mol. The molecule has 2 aromatic carbocycles. The number of hydrogen-bond donors (Lipinski definition) is 0. The minimum absolute atomic E-state index is 0.256. The van der Waals surface area contributed by atoms with E-state index in [4.69, 9.17) is 4.74 Å². The Morgan fingerprint density at radius 2 is 1.90 bits per heavy atom. The van der Waals surface area contributed by atoms with Crippen molar-refractivity contribution in [3.8, 4) is 0 Å². The first-order valence-corrected chi connectivity index (χ1v) is 10.9. The molecule has 0 bridgehead atoms. The van der Waals surface area contributed by atoms with Crippen LogP contribution in [0.3, 0.4) is 0 Å². The smallest absolute Gasteiger partial charge is 0.280 e. The predicted molar refractivity (Wildman–Crippen MR) is 118 cm³/mol. The zero-order valence-corrected chi connectivity index (χ0v) is 17.5. The van der Waals surface area contributed by atoms with Gasteiger partial charge in [0.1, 0.15) is 11.5 Å². The average Bonchev–Trinajstić information content (AvgIpc) is 3.22. The largest absolute Gasteiger partial charge is 0.379 e. The maximum absolute atomic E-state index is 13.7. The molecule has 3 heterocycles. The summed E-state index contributed by atoms with van der Waals surface area (Å²) in [6.07, 6.45) is 1.50. The number of ether oxygens (including phenoxy) is 1. The molecule has 1 amide bonds. The molecule has 7 nitrogen and oxygen atoms in total. The second-order valence-electron chi connectivity index (χ2n) is 7.26. The number of morpholine rings is 1. The van der Waals surface area contributed by atoms with E-state index in [1.807, 2.05) is 24.3 Å². The van der Waals surface area contributed by atoms with Gasteiger partial charge in [-0.15, -0.1) is 0 Å². The van der Waals surface area contributed by atoms with Crippen molar-refractivity contribution in [2.45, 2.75) is 0 Å². The molecule has 31 heavy (non-hydrogen) atoms. The fourth-order valence-electron chi connectivity index (χ4n) is 3.55. The number of anilines is 1. The number of halogens is 1. The van der Waals surface area contributed by atoms with E-state index in [0.717, 1.165) is 18.6 Å². The third-order valence-corrected chi connectivity index (χ3v) is 6.27. The first kappa shape index (κ1) is 19.9. The SMILES string of the molecule is O=C(c1cnc2ccccc2n1)N(CCN1CCOCC1)c1nc2ccc(F)cc2s1. The van der Waals surface area contributed by atoms with Crippen molar-refractivity contribution in [3.63, 3.8) is 0 Å². The van der Waals surface area contributed by atoms with Crippen LogP contribution >= 0.6 is 11.3 Å². The van der Waals surface area contributed by atoms with Gasteiger partial charge in [-0.25, -0.2) is 14.4 Å². The van der Waals surface area contributed by atoms with Gasteiger partial charge in [0.2, 0.25) is 0 Å². The highest BCUT2D eigenvalue weighted by molar-refractivity contribution is 7.22. The molecule has 9 heteroatoms. The molecule has 1 fully saturated rings. The summed E-state index contributed by atoms with van der Waals surface area (Å²) in [5.74, 6) is -0.597. The van der Waals surface area contributed by atoms with Crippen LogP contribution in [-0.2, 0) is 4.74 Å². The molecule has 0 N–H and O–H groups in total. The van der Waals surface area contributed by atoms with Crippen LogP contribution in [0.5, 0.6) is 0 Å². The number of hydrogen-bond acceptors (Lipinski definition) is 7. The maximum Gasteiger partial charge on any atom is 0.280 e. The quantitative estimate of drug-likeness (QED) is 0.477. The maximum atomic E-state index is 13.7. The summed E-state index contributed by atoms with van der Waals surface area (Å²) in [7, 11) is 0. The second-order valence-corrected chi connectivity index (χ2v) is 8.27. The highest BCUT2D eigenvalue weighted by atomic mass is 32.1. The number of rotatable bonds is 5. The number of nitrogens with zero attached hydrogens (tertiary/aromatic N) is 5. The van der Waals surface area contributed by atoms with Gasteiger partial charge in [0.15, 0.2) is 5.13 Å². The number of thiazole rings is 1. The van der Waals surface area contributed by atoms with Gasteiger partial charge >= 0.3 is 0 Å². The number of amides is 1. The van der Waals surface area contributed by atoms with E-state index < -0.39 is 0 Å². The third-order valence-electron chi connectivity index (χ3n) is 5.23. The molecule has 4 aromatic rings. The van der Waals surface area contributed by atoms with Gasteiger partial charge in [0, 0.05) is 26.2 Å². The van der Waals surface area contributed by atoms with Crippen LogP contribution in [0.15, 0.2) is 48.7 Å². The van der Waals surface area contributed by atoms with Crippen LogP contribution < -0.4 is 4.90 Å². The van der Waals surface area contributed by atoms with Gasteiger partial charge in [0.05, 0.1) is 40.7 Å². The predicted octanol–water partition coefficient (Wildman–Crippen LogP) is 3.36. The number of para-hydroxylation sites is 2. The van der Waals surface area contributed by atoms with Crippen LogP contribution in [0.4, 0.5) is 9.52 Å². The fourth-order valence-corrected chi connectivity index (χ4v) is 4.57. The Labute approximate surface area is 182 Å². The van der Waals surface area contributed by atoms with E-state index in [1.54, 1.807) is 11.0 Å². The molecule has 0 spiro atoms. The molecular formula is C22H20FN5O2S. The molecule has 1 aliphatic rings. The van der Waals surface area contributed by atoms with E-state index in [0.29, 0.717) is 47.2 Å². The molecule has 0 aliphatic carbocycles. The van der Waals surface area contributed by atoms with E-state index in [1.165, 1.54) is 29.7 Å². The summed E-state index contributed by atoms with van der Waals surface area (Å²) in [5.41, 5.74) is 2.31. The summed E-state index contributed by atoms with van der Waals surface area (Å²) < 4.78 is 19.8. The Hall–Kier alpha value is -3.01. The van der Waals surface area contributed by atoms with E-state index in [2.05, 4.69) is 19.9 Å². The lowest BCUT2D eigenvalue weighted by atomic mass is 10.3. The van der Waals surface area contributed by atoms with E-state index in [-0.39, 0.29) is 17.4 Å². The summed E-state index contributed by atoms with van der Waals surface area (Å²) >= 11 is 1.30. The van der Waals surface area contributed by atoms with Crippen LogP contribution in [0.2, 0.25) is 0 Å². The Morgan fingerprint density at radius 1 is 1.10 bits per heavy atom. The summed E-state index contributed by atoms with van der Waals surface area (Å²) in [6, 6.07) is 11.9. The highest BCUT2D eigenvalue weighted by Crippen LogP contribution is 2.30. The molecule has 5 rings (SSSR count). The number of fused-ring (bicyclic) bond motifs is 2. The average molecular weight is 438 g/mol. The van der Waals surface area contributed by atoms with Crippen LogP contribution in [0.25, 0.3) is 21.3 Å². The molecule has 0 unspecified atom stereocenters. The van der Waals surface area contributed by atoms with Gasteiger partial charge in [-0.2, -0.15) is 0 Å². The van der Waals surface area contributed by atoms with E-state index in [9.17, 15) is 9.18 Å². The summed E-state index contributed by atoms with van der Waals surface area (Å²) in [6.45, 7) is 4.14. The normalized spacial score (nSPS) is 14.9. The van der Waals surface area contributed by atoms with Gasteiger partial charge in [0.25, 0.3) is 5.91 Å². The minimum atomic E-state index is -0.325. The van der Waals surface area contributed by atoms with Crippen LogP contribution in [0.1, 0.15) is 10.5 Å². The Bertz CT molecular complexity index is 1240. The lowest BCUT2D eigenvalue weighted by Crippen LogP contribution is -2.43. The van der Waals surface area contributed by atoms with Crippen molar-refractivity contribution in [1.29, 1.82) is 0 Å². The van der Waals surface area contributed by atoms with Crippen molar-refractivity contribution in [2.75, 3.05) is 44.3 Å². The Balaban J connectivity index is 1.48. The van der Waals surface area contributed by atoms with Crippen molar-refractivity contribution in [3.05, 3.63) is 60.2 Å². The zero-order chi connectivity index (χ0) is 21.2. The van der Waals surface area contributed by atoms with E-state index >= 15 is 0 Å².